The Morgan fingerprint density at radius 1 is 0.905 bits per heavy atom. The summed E-state index contributed by atoms with van der Waals surface area (Å²) in [4.78, 5) is 37.6. The third-order valence-corrected chi connectivity index (χ3v) is 11.6. The van der Waals surface area contributed by atoms with E-state index in [2.05, 4.69) is 46.0 Å². The number of hydrogen-bond donors (Lipinski definition) is 1. The molecule has 0 radical (unpaired) electrons. The van der Waals surface area contributed by atoms with E-state index in [0.717, 1.165) is 68.7 Å². The Kier molecular flexibility index (Phi) is 9.66. The first-order valence-corrected chi connectivity index (χ1v) is 17.4. The van der Waals surface area contributed by atoms with Crippen LogP contribution in [-0.2, 0) is 11.2 Å². The molecular weight excluding hydrogens is 546 g/mol. The number of carbonyl (C=O) groups excluding carboxylic acids is 2. The molecule has 4 bridgehead atoms. The van der Waals surface area contributed by atoms with Crippen LogP contribution < -0.4 is 5.32 Å². The Balaban J connectivity index is 1.20. The molecule has 8 heteroatoms. The molecule has 232 valence electrons. The molecule has 7 rings (SSSR count). The van der Waals surface area contributed by atoms with Crippen LogP contribution >= 0.6 is 11.6 Å². The first-order chi connectivity index (χ1) is 20.4. The standard InChI is InChI=1S/C34H52ClN5O2/c1-3-38(4-2)34(42)40(27-8-6-5-7-9-27)30-21-28-14-15-29(22-30)39(28)33(41)31(20-24-10-12-26(35)13-11-24)36-32-23-37-18-16-25(32)17-19-37/h10-13,25,27-32,36H,3-9,14-23H2,1-2H3/t28?,29?,30?,31-,32?/m0/s1. The zero-order valence-electron chi connectivity index (χ0n) is 25.9. The molecule has 1 aromatic carbocycles. The number of hydrogen-bond acceptors (Lipinski definition) is 4. The molecule has 0 aromatic heterocycles. The van der Waals surface area contributed by atoms with Gasteiger partial charge in [-0.25, -0.2) is 4.79 Å². The number of nitrogens with one attached hydrogen (secondary N) is 1. The van der Waals surface area contributed by atoms with Gasteiger partial charge in [0.1, 0.15) is 0 Å². The molecule has 42 heavy (non-hydrogen) atoms. The monoisotopic (exact) mass is 597 g/mol. The summed E-state index contributed by atoms with van der Waals surface area (Å²) in [6.07, 6.45) is 13.0. The smallest absolute Gasteiger partial charge is 0.320 e. The highest BCUT2D eigenvalue weighted by Gasteiger charge is 2.49. The fourth-order valence-corrected chi connectivity index (χ4v) is 9.15. The zero-order valence-corrected chi connectivity index (χ0v) is 26.6. The van der Waals surface area contributed by atoms with Crippen molar-refractivity contribution >= 4 is 23.5 Å². The van der Waals surface area contributed by atoms with Gasteiger partial charge in [0.2, 0.25) is 5.91 Å². The maximum atomic E-state index is 14.6. The van der Waals surface area contributed by atoms with Gasteiger partial charge in [-0.1, -0.05) is 43.0 Å². The molecule has 3 amide bonds. The summed E-state index contributed by atoms with van der Waals surface area (Å²) in [5, 5.41) is 4.64. The van der Waals surface area contributed by atoms with Gasteiger partial charge >= 0.3 is 6.03 Å². The second-order valence-electron chi connectivity index (χ2n) is 13.7. The van der Waals surface area contributed by atoms with Gasteiger partial charge in [0.25, 0.3) is 0 Å². The molecule has 0 spiro atoms. The molecular formula is C34H52ClN5O2. The predicted octanol–water partition coefficient (Wildman–Crippen LogP) is 5.55. The molecule has 3 unspecified atom stereocenters. The van der Waals surface area contributed by atoms with Gasteiger partial charge in [-0.3, -0.25) is 4.79 Å². The van der Waals surface area contributed by atoms with Crippen molar-refractivity contribution in [1.29, 1.82) is 0 Å². The third kappa shape index (κ3) is 6.34. The average Bonchev–Trinajstić information content (AvgIpc) is 3.28. The van der Waals surface area contributed by atoms with Crippen molar-refractivity contribution in [2.75, 3.05) is 32.7 Å². The van der Waals surface area contributed by atoms with Gasteiger partial charge in [0, 0.05) is 54.9 Å². The number of carbonyl (C=O) groups is 2. The summed E-state index contributed by atoms with van der Waals surface area (Å²) in [6.45, 7) is 9.12. The van der Waals surface area contributed by atoms with Crippen molar-refractivity contribution in [3.63, 3.8) is 0 Å². The summed E-state index contributed by atoms with van der Waals surface area (Å²) < 4.78 is 0. The van der Waals surface area contributed by atoms with Crippen molar-refractivity contribution in [1.82, 2.24) is 24.9 Å². The second-order valence-corrected chi connectivity index (χ2v) is 14.1. The van der Waals surface area contributed by atoms with E-state index in [9.17, 15) is 9.59 Å². The normalized spacial score (nSPS) is 31.6. The predicted molar refractivity (Wildman–Crippen MR) is 169 cm³/mol. The van der Waals surface area contributed by atoms with Crippen LogP contribution in [-0.4, -0.2) is 101 Å². The van der Waals surface area contributed by atoms with Crippen LogP contribution in [0.25, 0.3) is 0 Å². The zero-order chi connectivity index (χ0) is 29.2. The number of halogens is 1. The molecule has 5 saturated heterocycles. The average molecular weight is 598 g/mol. The van der Waals surface area contributed by atoms with Crippen LogP contribution in [0.3, 0.4) is 0 Å². The van der Waals surface area contributed by atoms with E-state index in [0.29, 0.717) is 24.4 Å². The first-order valence-electron chi connectivity index (χ1n) is 17.1. The molecule has 6 fully saturated rings. The van der Waals surface area contributed by atoms with Crippen molar-refractivity contribution in [3.8, 4) is 0 Å². The molecule has 6 aliphatic rings. The largest absolute Gasteiger partial charge is 0.335 e. The number of benzene rings is 1. The summed E-state index contributed by atoms with van der Waals surface area (Å²) in [6, 6.07) is 9.40. The van der Waals surface area contributed by atoms with Gasteiger partial charge in [-0.2, -0.15) is 0 Å². The van der Waals surface area contributed by atoms with Gasteiger partial charge in [-0.05, 0) is 108 Å². The minimum absolute atomic E-state index is 0.220. The Bertz CT molecular complexity index is 1050. The lowest BCUT2D eigenvalue weighted by atomic mass is 9.83. The van der Waals surface area contributed by atoms with E-state index < -0.39 is 0 Å². The molecule has 1 saturated carbocycles. The van der Waals surface area contributed by atoms with Crippen molar-refractivity contribution < 1.29 is 9.59 Å². The quantitative estimate of drug-likeness (QED) is 0.405. The Labute approximate surface area is 258 Å². The van der Waals surface area contributed by atoms with Crippen LogP contribution in [0.2, 0.25) is 5.02 Å². The first kappa shape index (κ1) is 30.2. The molecule has 7 nitrogen and oxygen atoms in total. The number of nitrogens with zero attached hydrogens (tertiary/aromatic N) is 4. The Morgan fingerprint density at radius 2 is 1.55 bits per heavy atom. The number of amides is 3. The fourth-order valence-electron chi connectivity index (χ4n) is 9.03. The molecule has 4 atom stereocenters. The SMILES string of the molecule is CCN(CC)C(=O)N(C1CCCCC1)C1CC2CCC(C1)N2C(=O)[C@H](Cc1ccc(Cl)cc1)NC1CN2CCC1CC2. The minimum Gasteiger partial charge on any atom is -0.335 e. The van der Waals surface area contributed by atoms with Crippen molar-refractivity contribution in [2.45, 2.75) is 127 Å². The number of urea groups is 1. The van der Waals surface area contributed by atoms with Crippen LogP contribution in [0, 0.1) is 5.92 Å². The number of piperidine rings is 4. The van der Waals surface area contributed by atoms with Gasteiger partial charge in [-0.15, -0.1) is 0 Å². The Morgan fingerprint density at radius 3 is 2.12 bits per heavy atom. The lowest BCUT2D eigenvalue weighted by Crippen LogP contribution is -2.63. The summed E-state index contributed by atoms with van der Waals surface area (Å²) in [5.74, 6) is 0.930. The van der Waals surface area contributed by atoms with E-state index in [4.69, 9.17) is 11.6 Å². The molecule has 1 aromatic rings. The fraction of sp³-hybridized carbons (Fsp3) is 0.765. The molecule has 5 aliphatic heterocycles. The van der Waals surface area contributed by atoms with Crippen LogP contribution in [0.15, 0.2) is 24.3 Å². The molecule has 1 N–H and O–H groups in total. The summed E-state index contributed by atoms with van der Waals surface area (Å²) in [5.41, 5.74) is 1.15. The lowest BCUT2D eigenvalue weighted by Gasteiger charge is -2.49. The summed E-state index contributed by atoms with van der Waals surface area (Å²) >= 11 is 6.21. The van der Waals surface area contributed by atoms with E-state index in [1.807, 2.05) is 17.0 Å². The minimum atomic E-state index is -0.233. The van der Waals surface area contributed by atoms with Gasteiger partial charge in [0.05, 0.1) is 6.04 Å². The number of rotatable bonds is 9. The van der Waals surface area contributed by atoms with Crippen LogP contribution in [0.4, 0.5) is 4.79 Å². The lowest BCUT2D eigenvalue weighted by molar-refractivity contribution is -0.139. The Hall–Kier alpha value is -1.83. The molecule has 5 heterocycles. The van der Waals surface area contributed by atoms with E-state index in [1.165, 1.54) is 45.2 Å². The third-order valence-electron chi connectivity index (χ3n) is 11.3. The highest BCUT2D eigenvalue weighted by atomic mass is 35.5. The highest BCUT2D eigenvalue weighted by Crippen LogP contribution is 2.41. The van der Waals surface area contributed by atoms with Crippen LogP contribution in [0.5, 0.6) is 0 Å². The highest BCUT2D eigenvalue weighted by molar-refractivity contribution is 6.30. The topological polar surface area (TPSA) is 59.1 Å². The second kappa shape index (κ2) is 13.4. The van der Waals surface area contributed by atoms with Crippen molar-refractivity contribution in [2.24, 2.45) is 5.92 Å². The maximum absolute atomic E-state index is 14.6. The van der Waals surface area contributed by atoms with E-state index >= 15 is 0 Å². The van der Waals surface area contributed by atoms with Gasteiger partial charge < -0.3 is 24.9 Å². The van der Waals surface area contributed by atoms with Crippen LogP contribution in [0.1, 0.15) is 90.0 Å². The summed E-state index contributed by atoms with van der Waals surface area (Å²) in [7, 11) is 0. The van der Waals surface area contributed by atoms with Crippen molar-refractivity contribution in [3.05, 3.63) is 34.9 Å². The van der Waals surface area contributed by atoms with E-state index in [-0.39, 0.29) is 36.1 Å². The number of fused-ring (bicyclic) bond motifs is 5. The van der Waals surface area contributed by atoms with E-state index in [1.54, 1.807) is 0 Å². The van der Waals surface area contributed by atoms with Gasteiger partial charge in [0.15, 0.2) is 0 Å². The molecule has 1 aliphatic carbocycles. The maximum Gasteiger partial charge on any atom is 0.320 e.